The largest absolute Gasteiger partial charge is 0.416 e. The number of rotatable bonds is 1. The highest BCUT2D eigenvalue weighted by Gasteiger charge is 2.30. The summed E-state index contributed by atoms with van der Waals surface area (Å²) >= 11 is 0. The van der Waals surface area contributed by atoms with E-state index >= 15 is 0 Å². The molecule has 0 fully saturated rings. The van der Waals surface area contributed by atoms with Crippen LogP contribution in [0.4, 0.5) is 13.2 Å². The first-order chi connectivity index (χ1) is 7.89. The number of benzene rings is 1. The van der Waals surface area contributed by atoms with Crippen LogP contribution in [-0.2, 0) is 6.18 Å². The van der Waals surface area contributed by atoms with Crippen molar-refractivity contribution in [3.05, 3.63) is 41.1 Å². The molecule has 0 saturated heterocycles. The second kappa shape index (κ2) is 3.91. The predicted octanol–water partition coefficient (Wildman–Crippen LogP) is 3.98. The van der Waals surface area contributed by atoms with Crippen LogP contribution in [-0.4, -0.2) is 5.16 Å². The molecule has 0 amide bonds. The number of halogens is 3. The number of aromatic nitrogens is 1. The van der Waals surface area contributed by atoms with Crippen molar-refractivity contribution in [2.75, 3.05) is 0 Å². The minimum absolute atomic E-state index is 0.383. The van der Waals surface area contributed by atoms with Gasteiger partial charge in [-0.1, -0.05) is 17.3 Å². The molecule has 0 N–H and O–H groups in total. The first-order valence-electron chi connectivity index (χ1n) is 5.00. The fourth-order valence-electron chi connectivity index (χ4n) is 1.52. The summed E-state index contributed by atoms with van der Waals surface area (Å²) in [5.74, 6) is 0.383. The van der Waals surface area contributed by atoms with E-state index in [1.807, 2.05) is 0 Å². The molecule has 0 saturated carbocycles. The van der Waals surface area contributed by atoms with E-state index in [4.69, 9.17) is 4.52 Å². The summed E-state index contributed by atoms with van der Waals surface area (Å²) in [5.41, 5.74) is 1.13. The lowest BCUT2D eigenvalue weighted by atomic mass is 10.1. The van der Waals surface area contributed by atoms with Gasteiger partial charge in [0, 0.05) is 11.1 Å². The molecule has 0 spiro atoms. The van der Waals surface area contributed by atoms with Crippen LogP contribution < -0.4 is 0 Å². The van der Waals surface area contributed by atoms with Crippen LogP contribution in [0.15, 0.2) is 28.8 Å². The summed E-state index contributed by atoms with van der Waals surface area (Å²) in [7, 11) is 0. The molecule has 0 bridgehead atoms. The van der Waals surface area contributed by atoms with Crippen molar-refractivity contribution >= 4 is 0 Å². The Morgan fingerprint density at radius 2 is 1.88 bits per heavy atom. The van der Waals surface area contributed by atoms with E-state index in [0.29, 0.717) is 17.0 Å². The van der Waals surface area contributed by atoms with E-state index in [9.17, 15) is 13.2 Å². The second-order valence-corrected chi connectivity index (χ2v) is 3.80. The van der Waals surface area contributed by atoms with E-state index in [1.54, 1.807) is 19.9 Å². The van der Waals surface area contributed by atoms with Gasteiger partial charge in [-0.25, -0.2) is 0 Å². The Morgan fingerprint density at radius 3 is 2.41 bits per heavy atom. The smallest absolute Gasteiger partial charge is 0.356 e. The standard InChI is InChI=1S/C12H10F3NO/c1-7-8(2)16-17-11(7)9-4-3-5-10(6-9)12(13,14)15/h3-6H,1-2H3. The monoisotopic (exact) mass is 241 g/mol. The van der Waals surface area contributed by atoms with Gasteiger partial charge in [0.15, 0.2) is 5.76 Å². The third-order valence-corrected chi connectivity index (χ3v) is 2.61. The van der Waals surface area contributed by atoms with E-state index in [-0.39, 0.29) is 0 Å². The van der Waals surface area contributed by atoms with E-state index in [1.165, 1.54) is 6.07 Å². The first-order valence-corrected chi connectivity index (χ1v) is 5.00. The fraction of sp³-hybridized carbons (Fsp3) is 0.250. The molecule has 2 rings (SSSR count). The Labute approximate surface area is 96.0 Å². The van der Waals surface area contributed by atoms with Gasteiger partial charge in [0.25, 0.3) is 0 Å². The van der Waals surface area contributed by atoms with Crippen LogP contribution in [0, 0.1) is 13.8 Å². The zero-order chi connectivity index (χ0) is 12.6. The number of aryl methyl sites for hydroxylation is 1. The normalized spacial score (nSPS) is 11.8. The average Bonchev–Trinajstić information content (AvgIpc) is 2.59. The Bertz CT molecular complexity index is 543. The number of nitrogens with zero attached hydrogens (tertiary/aromatic N) is 1. The topological polar surface area (TPSA) is 26.0 Å². The minimum atomic E-state index is -4.35. The van der Waals surface area contributed by atoms with Crippen molar-refractivity contribution in [1.29, 1.82) is 0 Å². The van der Waals surface area contributed by atoms with Crippen molar-refractivity contribution in [2.45, 2.75) is 20.0 Å². The Balaban J connectivity index is 2.51. The summed E-state index contributed by atoms with van der Waals surface area (Å²) in [5, 5.41) is 3.73. The Kier molecular flexibility index (Phi) is 2.69. The minimum Gasteiger partial charge on any atom is -0.356 e. The van der Waals surface area contributed by atoms with Crippen LogP contribution in [0.5, 0.6) is 0 Å². The van der Waals surface area contributed by atoms with Gasteiger partial charge in [0.1, 0.15) is 0 Å². The zero-order valence-electron chi connectivity index (χ0n) is 9.30. The summed E-state index contributed by atoms with van der Waals surface area (Å²) in [4.78, 5) is 0. The van der Waals surface area contributed by atoms with E-state index in [0.717, 1.165) is 17.7 Å². The molecule has 90 valence electrons. The molecular formula is C12H10F3NO. The maximum Gasteiger partial charge on any atom is 0.416 e. The van der Waals surface area contributed by atoms with Gasteiger partial charge in [-0.05, 0) is 26.0 Å². The molecule has 0 aliphatic carbocycles. The third-order valence-electron chi connectivity index (χ3n) is 2.61. The summed E-state index contributed by atoms with van der Waals surface area (Å²) in [6.07, 6.45) is -4.35. The van der Waals surface area contributed by atoms with Crippen LogP contribution >= 0.6 is 0 Å². The molecule has 0 aliphatic rings. The van der Waals surface area contributed by atoms with Crippen LogP contribution in [0.25, 0.3) is 11.3 Å². The van der Waals surface area contributed by atoms with Gasteiger partial charge in [-0.15, -0.1) is 0 Å². The zero-order valence-corrected chi connectivity index (χ0v) is 9.30. The van der Waals surface area contributed by atoms with Gasteiger partial charge in [0.05, 0.1) is 11.3 Å². The molecule has 2 aromatic rings. The van der Waals surface area contributed by atoms with E-state index in [2.05, 4.69) is 5.16 Å². The van der Waals surface area contributed by atoms with Crippen LogP contribution in [0.2, 0.25) is 0 Å². The van der Waals surface area contributed by atoms with Gasteiger partial charge in [-0.2, -0.15) is 13.2 Å². The van der Waals surface area contributed by atoms with Gasteiger partial charge in [0.2, 0.25) is 0 Å². The van der Waals surface area contributed by atoms with Crippen molar-refractivity contribution in [2.24, 2.45) is 0 Å². The first kappa shape index (κ1) is 11.7. The highest BCUT2D eigenvalue weighted by Crippen LogP contribution is 2.33. The quantitative estimate of drug-likeness (QED) is 0.754. The second-order valence-electron chi connectivity index (χ2n) is 3.80. The molecule has 0 atom stereocenters. The van der Waals surface area contributed by atoms with E-state index < -0.39 is 11.7 Å². The maximum atomic E-state index is 12.5. The molecule has 5 heteroatoms. The van der Waals surface area contributed by atoms with Crippen molar-refractivity contribution in [1.82, 2.24) is 5.16 Å². The molecule has 2 nitrogen and oxygen atoms in total. The molecule has 0 aliphatic heterocycles. The summed E-state index contributed by atoms with van der Waals surface area (Å²) in [6.45, 7) is 3.51. The highest BCUT2D eigenvalue weighted by molar-refractivity contribution is 5.62. The number of alkyl halides is 3. The predicted molar refractivity (Wildman–Crippen MR) is 56.4 cm³/mol. The fourth-order valence-corrected chi connectivity index (χ4v) is 1.52. The number of hydrogen-bond donors (Lipinski definition) is 0. The maximum absolute atomic E-state index is 12.5. The molecular weight excluding hydrogens is 231 g/mol. The molecule has 0 radical (unpaired) electrons. The summed E-state index contributed by atoms with van der Waals surface area (Å²) in [6, 6.07) is 5.02. The molecule has 17 heavy (non-hydrogen) atoms. The van der Waals surface area contributed by atoms with Crippen molar-refractivity contribution in [3.63, 3.8) is 0 Å². The van der Waals surface area contributed by atoms with Gasteiger partial charge < -0.3 is 4.52 Å². The SMILES string of the molecule is Cc1noc(-c2cccc(C(F)(F)F)c2)c1C. The lowest BCUT2D eigenvalue weighted by Gasteiger charge is -2.07. The van der Waals surface area contributed by atoms with Crippen molar-refractivity contribution < 1.29 is 17.7 Å². The molecule has 0 unspecified atom stereocenters. The Hall–Kier alpha value is -1.78. The molecule has 1 heterocycles. The van der Waals surface area contributed by atoms with Gasteiger partial charge >= 0.3 is 6.18 Å². The summed E-state index contributed by atoms with van der Waals surface area (Å²) < 4.78 is 42.7. The molecule has 1 aromatic carbocycles. The van der Waals surface area contributed by atoms with Crippen molar-refractivity contribution in [3.8, 4) is 11.3 Å². The lowest BCUT2D eigenvalue weighted by Crippen LogP contribution is -2.04. The highest BCUT2D eigenvalue weighted by atomic mass is 19.4. The average molecular weight is 241 g/mol. The third kappa shape index (κ3) is 2.18. The van der Waals surface area contributed by atoms with Crippen LogP contribution in [0.1, 0.15) is 16.8 Å². The van der Waals surface area contributed by atoms with Gasteiger partial charge in [-0.3, -0.25) is 0 Å². The Morgan fingerprint density at radius 1 is 1.18 bits per heavy atom. The molecule has 1 aromatic heterocycles. The van der Waals surface area contributed by atoms with Crippen LogP contribution in [0.3, 0.4) is 0 Å². The number of hydrogen-bond acceptors (Lipinski definition) is 2. The lowest BCUT2D eigenvalue weighted by molar-refractivity contribution is -0.137.